The number of hydrogen-bond acceptors (Lipinski definition) is 1. The second-order valence-corrected chi connectivity index (χ2v) is 5.83. The number of hydrogen-bond donors (Lipinski definition) is 0. The fourth-order valence-electron chi connectivity index (χ4n) is 2.74. The fraction of sp³-hybridized carbons (Fsp3) is 0.235. The lowest BCUT2D eigenvalue weighted by molar-refractivity contribution is 0.747. The third kappa shape index (κ3) is 2.01. The average molecular weight is 283 g/mol. The molecule has 0 N–H and O–H groups in total. The first-order chi connectivity index (χ1) is 9.83. The lowest BCUT2D eigenvalue weighted by atomic mass is 10.2. The molecule has 0 radical (unpaired) electrons. The zero-order valence-corrected chi connectivity index (χ0v) is 11.8. The van der Waals surface area contributed by atoms with E-state index in [4.69, 9.17) is 16.6 Å². The quantitative estimate of drug-likeness (QED) is 0.686. The maximum absolute atomic E-state index is 6.41. The minimum atomic E-state index is 0.613. The highest BCUT2D eigenvalue weighted by Crippen LogP contribution is 2.41. The van der Waals surface area contributed by atoms with Gasteiger partial charge in [0.05, 0.1) is 16.1 Å². The van der Waals surface area contributed by atoms with Crippen molar-refractivity contribution < 1.29 is 0 Å². The number of fused-ring (bicyclic) bond motifs is 1. The summed E-state index contributed by atoms with van der Waals surface area (Å²) in [6.45, 7) is 0.840. The molecule has 0 amide bonds. The molecule has 3 heteroatoms. The Morgan fingerprint density at radius 3 is 2.60 bits per heavy atom. The molecule has 1 fully saturated rings. The molecule has 2 nitrogen and oxygen atoms in total. The van der Waals surface area contributed by atoms with Crippen molar-refractivity contribution in [1.82, 2.24) is 9.55 Å². The van der Waals surface area contributed by atoms with Crippen LogP contribution in [0, 0.1) is 0 Å². The summed E-state index contributed by atoms with van der Waals surface area (Å²) in [6, 6.07) is 16.5. The molecule has 0 saturated heterocycles. The van der Waals surface area contributed by atoms with Crippen LogP contribution in [0.5, 0.6) is 0 Å². The van der Waals surface area contributed by atoms with Gasteiger partial charge in [-0.05, 0) is 30.5 Å². The van der Waals surface area contributed by atoms with Crippen LogP contribution in [0.15, 0.2) is 48.5 Å². The summed E-state index contributed by atoms with van der Waals surface area (Å²) in [7, 11) is 0. The topological polar surface area (TPSA) is 17.8 Å². The molecule has 3 aromatic rings. The van der Waals surface area contributed by atoms with E-state index >= 15 is 0 Å². The first-order valence-electron chi connectivity index (χ1n) is 7.01. The van der Waals surface area contributed by atoms with Crippen molar-refractivity contribution >= 4 is 22.6 Å². The van der Waals surface area contributed by atoms with Crippen LogP contribution in [0.2, 0.25) is 5.02 Å². The minimum Gasteiger partial charge on any atom is -0.322 e. The first kappa shape index (κ1) is 12.0. The fourth-order valence-corrected chi connectivity index (χ4v) is 3.01. The number of aromatic nitrogens is 2. The summed E-state index contributed by atoms with van der Waals surface area (Å²) in [5.41, 5.74) is 3.36. The Hall–Kier alpha value is -1.80. The van der Waals surface area contributed by atoms with Crippen molar-refractivity contribution in [1.29, 1.82) is 0 Å². The van der Waals surface area contributed by atoms with Gasteiger partial charge in [0, 0.05) is 12.5 Å². The molecule has 0 unspecified atom stereocenters. The molecule has 1 aliphatic rings. The molecule has 1 heterocycles. The van der Waals surface area contributed by atoms with Crippen molar-refractivity contribution in [3.8, 4) is 0 Å². The second-order valence-electron chi connectivity index (χ2n) is 5.42. The molecular formula is C17H15ClN2. The molecule has 1 aromatic heterocycles. The standard InChI is InChI=1S/C17H15ClN2/c18-14-7-4-8-15-16(14)20(17(19-15)13-9-10-13)11-12-5-2-1-3-6-12/h1-8,13H,9-11H2. The molecule has 20 heavy (non-hydrogen) atoms. The molecule has 1 saturated carbocycles. The molecular weight excluding hydrogens is 268 g/mol. The van der Waals surface area contributed by atoms with Gasteiger partial charge in [-0.25, -0.2) is 4.98 Å². The number of halogens is 1. The van der Waals surface area contributed by atoms with Crippen molar-refractivity contribution in [2.45, 2.75) is 25.3 Å². The molecule has 100 valence electrons. The van der Waals surface area contributed by atoms with Gasteiger partial charge in [0.15, 0.2) is 0 Å². The highest BCUT2D eigenvalue weighted by atomic mass is 35.5. The average Bonchev–Trinajstić information content (AvgIpc) is 3.24. The summed E-state index contributed by atoms with van der Waals surface area (Å²) >= 11 is 6.41. The summed E-state index contributed by atoms with van der Waals surface area (Å²) < 4.78 is 2.30. The largest absolute Gasteiger partial charge is 0.322 e. The van der Waals surface area contributed by atoms with Crippen LogP contribution in [0.4, 0.5) is 0 Å². The molecule has 0 aliphatic heterocycles. The highest BCUT2D eigenvalue weighted by molar-refractivity contribution is 6.35. The first-order valence-corrected chi connectivity index (χ1v) is 7.39. The van der Waals surface area contributed by atoms with E-state index in [0.717, 1.165) is 22.6 Å². The number of benzene rings is 2. The Bertz CT molecular complexity index is 757. The molecule has 2 aromatic carbocycles. The van der Waals surface area contributed by atoms with E-state index in [2.05, 4.69) is 34.9 Å². The summed E-state index contributed by atoms with van der Waals surface area (Å²) in [5, 5.41) is 0.790. The van der Waals surface area contributed by atoms with Crippen LogP contribution in [0.1, 0.15) is 30.1 Å². The van der Waals surface area contributed by atoms with Crippen LogP contribution < -0.4 is 0 Å². The summed E-state index contributed by atoms with van der Waals surface area (Å²) in [6.07, 6.45) is 2.49. The molecule has 0 atom stereocenters. The van der Waals surface area contributed by atoms with Crippen molar-refractivity contribution in [3.63, 3.8) is 0 Å². The van der Waals surface area contributed by atoms with Crippen molar-refractivity contribution in [3.05, 3.63) is 64.9 Å². The maximum Gasteiger partial charge on any atom is 0.113 e. The third-order valence-electron chi connectivity index (χ3n) is 3.87. The Balaban J connectivity index is 1.89. The molecule has 0 spiro atoms. The van der Waals surface area contributed by atoms with Crippen molar-refractivity contribution in [2.75, 3.05) is 0 Å². The van der Waals surface area contributed by atoms with Gasteiger partial charge in [0.25, 0.3) is 0 Å². The van der Waals surface area contributed by atoms with Crippen LogP contribution in [0.25, 0.3) is 11.0 Å². The van der Waals surface area contributed by atoms with E-state index in [1.807, 2.05) is 18.2 Å². The van der Waals surface area contributed by atoms with Gasteiger partial charge in [-0.3, -0.25) is 0 Å². The number of nitrogens with zero attached hydrogens (tertiary/aromatic N) is 2. The SMILES string of the molecule is Clc1cccc2nc(C3CC3)n(Cc3ccccc3)c12. The van der Waals surface area contributed by atoms with E-state index in [1.165, 1.54) is 24.2 Å². The zero-order chi connectivity index (χ0) is 13.5. The zero-order valence-electron chi connectivity index (χ0n) is 11.1. The van der Waals surface area contributed by atoms with E-state index in [0.29, 0.717) is 5.92 Å². The Morgan fingerprint density at radius 1 is 1.05 bits per heavy atom. The summed E-state index contributed by atoms with van der Waals surface area (Å²) in [4.78, 5) is 4.81. The van der Waals surface area contributed by atoms with Crippen LogP contribution in [-0.2, 0) is 6.54 Å². The number of para-hydroxylation sites is 1. The second kappa shape index (κ2) is 4.64. The molecule has 0 bridgehead atoms. The predicted molar refractivity (Wildman–Crippen MR) is 82.3 cm³/mol. The lowest BCUT2D eigenvalue weighted by Crippen LogP contribution is -2.04. The van der Waals surface area contributed by atoms with Gasteiger partial charge >= 0.3 is 0 Å². The summed E-state index contributed by atoms with van der Waals surface area (Å²) in [5.74, 6) is 1.80. The van der Waals surface area contributed by atoms with E-state index in [-0.39, 0.29) is 0 Å². The van der Waals surface area contributed by atoms with E-state index in [9.17, 15) is 0 Å². The number of rotatable bonds is 3. The van der Waals surface area contributed by atoms with Crippen LogP contribution in [0.3, 0.4) is 0 Å². The minimum absolute atomic E-state index is 0.613. The predicted octanol–water partition coefficient (Wildman–Crippen LogP) is 4.62. The molecule has 4 rings (SSSR count). The van der Waals surface area contributed by atoms with Gasteiger partial charge in [0.2, 0.25) is 0 Å². The van der Waals surface area contributed by atoms with Gasteiger partial charge in [-0.1, -0.05) is 48.0 Å². The maximum atomic E-state index is 6.41. The van der Waals surface area contributed by atoms with Crippen LogP contribution >= 0.6 is 11.6 Å². The van der Waals surface area contributed by atoms with Gasteiger partial charge < -0.3 is 4.57 Å². The smallest absolute Gasteiger partial charge is 0.113 e. The Labute approximate surface area is 123 Å². The van der Waals surface area contributed by atoms with Crippen LogP contribution in [-0.4, -0.2) is 9.55 Å². The van der Waals surface area contributed by atoms with Gasteiger partial charge in [-0.2, -0.15) is 0 Å². The Kier molecular flexibility index (Phi) is 2.78. The lowest BCUT2D eigenvalue weighted by Gasteiger charge is -2.09. The Morgan fingerprint density at radius 2 is 1.85 bits per heavy atom. The van der Waals surface area contributed by atoms with E-state index < -0.39 is 0 Å². The normalized spacial score (nSPS) is 14.8. The van der Waals surface area contributed by atoms with Gasteiger partial charge in [0.1, 0.15) is 5.82 Å². The number of imidazole rings is 1. The molecule has 1 aliphatic carbocycles. The van der Waals surface area contributed by atoms with Crippen molar-refractivity contribution in [2.24, 2.45) is 0 Å². The third-order valence-corrected chi connectivity index (χ3v) is 4.18. The highest BCUT2D eigenvalue weighted by Gasteiger charge is 2.30. The van der Waals surface area contributed by atoms with Gasteiger partial charge in [-0.15, -0.1) is 0 Å². The monoisotopic (exact) mass is 282 g/mol. The van der Waals surface area contributed by atoms with E-state index in [1.54, 1.807) is 0 Å².